The summed E-state index contributed by atoms with van der Waals surface area (Å²) in [5.41, 5.74) is 0.351. The van der Waals surface area contributed by atoms with E-state index in [0.29, 0.717) is 18.7 Å². The number of sulfonamides is 1. The molecule has 0 saturated carbocycles. The molecule has 7 nitrogen and oxygen atoms in total. The van der Waals surface area contributed by atoms with Crippen molar-refractivity contribution in [3.63, 3.8) is 0 Å². The number of ether oxygens (including phenoxy) is 2. The summed E-state index contributed by atoms with van der Waals surface area (Å²) in [5, 5.41) is 10.7. The summed E-state index contributed by atoms with van der Waals surface area (Å²) in [6.45, 7) is 8.48. The zero-order valence-electron chi connectivity index (χ0n) is 16.7. The lowest BCUT2D eigenvalue weighted by atomic mass is 10.2. The minimum atomic E-state index is -3.90. The van der Waals surface area contributed by atoms with E-state index < -0.39 is 16.0 Å². The van der Waals surface area contributed by atoms with E-state index >= 15 is 0 Å². The predicted molar refractivity (Wildman–Crippen MR) is 102 cm³/mol. The van der Waals surface area contributed by atoms with Crippen LogP contribution in [0.3, 0.4) is 0 Å². The van der Waals surface area contributed by atoms with E-state index in [-0.39, 0.29) is 28.2 Å². The van der Waals surface area contributed by atoms with Crippen molar-refractivity contribution < 1.29 is 27.8 Å². The maximum atomic E-state index is 13.4. The van der Waals surface area contributed by atoms with Crippen molar-refractivity contribution in [3.8, 4) is 11.5 Å². The van der Waals surface area contributed by atoms with Crippen LogP contribution in [0.5, 0.6) is 11.5 Å². The van der Waals surface area contributed by atoms with Crippen LogP contribution in [0.15, 0.2) is 23.1 Å². The number of carbonyl (C=O) groups excluding carboxylic acids is 1. The van der Waals surface area contributed by atoms with E-state index in [2.05, 4.69) is 0 Å². The van der Waals surface area contributed by atoms with Gasteiger partial charge in [0.05, 0.1) is 20.2 Å². The first-order valence-electron chi connectivity index (χ1n) is 8.68. The van der Waals surface area contributed by atoms with Crippen LogP contribution >= 0.6 is 0 Å². The first-order chi connectivity index (χ1) is 12.5. The summed E-state index contributed by atoms with van der Waals surface area (Å²) >= 11 is 0. The van der Waals surface area contributed by atoms with Gasteiger partial charge >= 0.3 is 0 Å². The highest BCUT2D eigenvalue weighted by Gasteiger charge is 2.31. The molecule has 0 aromatic heterocycles. The Morgan fingerprint density at radius 1 is 1.11 bits per heavy atom. The molecule has 0 aliphatic heterocycles. The highest BCUT2D eigenvalue weighted by molar-refractivity contribution is 7.89. The van der Waals surface area contributed by atoms with Gasteiger partial charge in [-0.1, -0.05) is 33.8 Å². The van der Waals surface area contributed by atoms with Gasteiger partial charge in [-0.05, 0) is 35.6 Å². The number of carboxylic acid groups (broad SMARTS) is 1. The second kappa shape index (κ2) is 9.75. The highest BCUT2D eigenvalue weighted by Crippen LogP contribution is 2.37. The van der Waals surface area contributed by atoms with Crippen LogP contribution in [0.25, 0.3) is 6.08 Å². The van der Waals surface area contributed by atoms with Crippen LogP contribution in [0.1, 0.15) is 33.3 Å². The summed E-state index contributed by atoms with van der Waals surface area (Å²) in [7, 11) is -1.14. The van der Waals surface area contributed by atoms with E-state index in [1.165, 1.54) is 36.7 Å². The molecule has 0 bridgehead atoms. The standard InChI is InChI=1S/C19H29NO6S/c1-13(2)11-20(12-14(3)4)27(23,24)17-10-15(7-8-18(21)22)9-16(25-5)19(17)26-6/h7-10,13-14H,11-12H2,1-6H3,(H,21,22)/p-1/b8-7+. The molecular weight excluding hydrogens is 370 g/mol. The quantitative estimate of drug-likeness (QED) is 0.557. The lowest BCUT2D eigenvalue weighted by Gasteiger charge is -2.27. The van der Waals surface area contributed by atoms with Gasteiger partial charge in [0.1, 0.15) is 4.90 Å². The van der Waals surface area contributed by atoms with Gasteiger partial charge in [-0.15, -0.1) is 0 Å². The molecule has 8 heteroatoms. The fourth-order valence-corrected chi connectivity index (χ4v) is 4.60. The molecule has 0 atom stereocenters. The third-order valence-electron chi connectivity index (χ3n) is 3.63. The average Bonchev–Trinajstić information content (AvgIpc) is 2.57. The molecule has 0 amide bonds. The van der Waals surface area contributed by atoms with Crippen LogP contribution < -0.4 is 14.6 Å². The van der Waals surface area contributed by atoms with Crippen LogP contribution in [0.4, 0.5) is 0 Å². The topological polar surface area (TPSA) is 96.0 Å². The first kappa shape index (κ1) is 23.0. The summed E-state index contributed by atoms with van der Waals surface area (Å²) < 4.78 is 38.7. The number of methoxy groups -OCH3 is 2. The van der Waals surface area contributed by atoms with Crippen LogP contribution in [-0.2, 0) is 14.8 Å². The molecule has 1 aromatic carbocycles. The Balaban J connectivity index is 3.61. The molecule has 0 fully saturated rings. The van der Waals surface area contributed by atoms with Gasteiger partial charge in [-0.3, -0.25) is 0 Å². The predicted octanol–water partition coefficient (Wildman–Crippen LogP) is 1.77. The van der Waals surface area contributed by atoms with E-state index in [9.17, 15) is 18.3 Å². The zero-order valence-corrected chi connectivity index (χ0v) is 17.5. The maximum absolute atomic E-state index is 13.4. The largest absolute Gasteiger partial charge is 0.545 e. The average molecular weight is 399 g/mol. The second-order valence-electron chi connectivity index (χ2n) is 7.02. The minimum Gasteiger partial charge on any atom is -0.545 e. The van der Waals surface area contributed by atoms with Gasteiger partial charge in [0.2, 0.25) is 10.0 Å². The smallest absolute Gasteiger partial charge is 0.246 e. The summed E-state index contributed by atoms with van der Waals surface area (Å²) in [4.78, 5) is 10.6. The Morgan fingerprint density at radius 2 is 1.67 bits per heavy atom. The molecule has 27 heavy (non-hydrogen) atoms. The van der Waals surface area contributed by atoms with E-state index in [1.54, 1.807) is 0 Å². The van der Waals surface area contributed by atoms with E-state index in [4.69, 9.17) is 9.47 Å². The van der Waals surface area contributed by atoms with Gasteiger partial charge in [0.25, 0.3) is 0 Å². The third-order valence-corrected chi connectivity index (χ3v) is 5.47. The SMILES string of the molecule is COc1cc(/C=C/C(=O)[O-])cc(S(=O)(=O)N(CC(C)C)CC(C)C)c1OC. The van der Waals surface area contributed by atoms with Crippen molar-refractivity contribution in [1.29, 1.82) is 0 Å². The molecule has 0 saturated heterocycles. The normalized spacial score (nSPS) is 12.3. The molecule has 0 aliphatic rings. The Kier molecular flexibility index (Phi) is 8.30. The van der Waals surface area contributed by atoms with Crippen molar-refractivity contribution >= 4 is 22.1 Å². The number of hydrogen-bond donors (Lipinski definition) is 0. The molecule has 1 rings (SSSR count). The molecule has 152 valence electrons. The zero-order chi connectivity index (χ0) is 20.8. The fourth-order valence-electron chi connectivity index (χ4n) is 2.63. The maximum Gasteiger partial charge on any atom is 0.246 e. The monoisotopic (exact) mass is 398 g/mol. The number of nitrogens with zero attached hydrogens (tertiary/aromatic N) is 1. The molecule has 0 aliphatic carbocycles. The molecule has 1 aromatic rings. The molecule has 0 heterocycles. The van der Waals surface area contributed by atoms with Crippen LogP contribution in [0.2, 0.25) is 0 Å². The molecular formula is C19H28NO6S-. The number of benzene rings is 1. The van der Waals surface area contributed by atoms with Crippen molar-refractivity contribution in [3.05, 3.63) is 23.8 Å². The van der Waals surface area contributed by atoms with Crippen molar-refractivity contribution in [2.75, 3.05) is 27.3 Å². The van der Waals surface area contributed by atoms with Gasteiger partial charge in [0.15, 0.2) is 11.5 Å². The lowest BCUT2D eigenvalue weighted by molar-refractivity contribution is -0.297. The lowest BCUT2D eigenvalue weighted by Crippen LogP contribution is -2.37. The Hall–Kier alpha value is -2.06. The molecule has 0 N–H and O–H groups in total. The first-order valence-corrected chi connectivity index (χ1v) is 10.1. The minimum absolute atomic E-state index is 0.0661. The van der Waals surface area contributed by atoms with Crippen molar-refractivity contribution in [1.82, 2.24) is 4.31 Å². The Bertz CT molecular complexity index is 774. The summed E-state index contributed by atoms with van der Waals surface area (Å²) in [6.07, 6.45) is 2.09. The number of hydrogen-bond acceptors (Lipinski definition) is 6. The molecule has 0 radical (unpaired) electrons. The van der Waals surface area contributed by atoms with Gasteiger partial charge < -0.3 is 19.4 Å². The summed E-state index contributed by atoms with van der Waals surface area (Å²) in [5.74, 6) is -0.832. The molecule has 0 spiro atoms. The highest BCUT2D eigenvalue weighted by atomic mass is 32.2. The number of carboxylic acids is 1. The van der Waals surface area contributed by atoms with Gasteiger partial charge in [-0.2, -0.15) is 4.31 Å². The molecule has 0 unspecified atom stereocenters. The third kappa shape index (κ3) is 6.25. The van der Waals surface area contributed by atoms with Gasteiger partial charge in [-0.25, -0.2) is 8.42 Å². The number of rotatable bonds is 10. The Morgan fingerprint density at radius 3 is 2.07 bits per heavy atom. The number of carbonyl (C=O) groups is 1. The second-order valence-corrected chi connectivity index (χ2v) is 8.92. The van der Waals surface area contributed by atoms with E-state index in [0.717, 1.165) is 6.08 Å². The van der Waals surface area contributed by atoms with Gasteiger partial charge in [0, 0.05) is 13.1 Å². The Labute approximate surface area is 161 Å². The van der Waals surface area contributed by atoms with Crippen molar-refractivity contribution in [2.45, 2.75) is 32.6 Å². The fraction of sp³-hybridized carbons (Fsp3) is 0.526. The van der Waals surface area contributed by atoms with Crippen LogP contribution in [-0.4, -0.2) is 46.0 Å². The van der Waals surface area contributed by atoms with E-state index in [1.807, 2.05) is 27.7 Å². The summed E-state index contributed by atoms with van der Waals surface area (Å²) in [6, 6.07) is 2.89. The number of aliphatic carboxylic acids is 1. The van der Waals surface area contributed by atoms with Crippen LogP contribution in [0, 0.1) is 11.8 Å². The van der Waals surface area contributed by atoms with Crippen molar-refractivity contribution in [2.24, 2.45) is 11.8 Å².